The first-order valence-electron chi connectivity index (χ1n) is 7.59. The van der Waals surface area contributed by atoms with E-state index in [1.807, 2.05) is 0 Å². The summed E-state index contributed by atoms with van der Waals surface area (Å²) < 4.78 is 25.5. The Labute approximate surface area is 145 Å². The Bertz CT molecular complexity index is 785. The Kier molecular flexibility index (Phi) is 6.41. The van der Waals surface area contributed by atoms with E-state index in [1.54, 1.807) is 12.1 Å². The van der Waals surface area contributed by atoms with Crippen LogP contribution in [0.4, 0.5) is 5.13 Å². The number of rotatable bonds is 8. The molecule has 9 heteroatoms. The van der Waals surface area contributed by atoms with Crippen LogP contribution >= 0.6 is 11.3 Å². The van der Waals surface area contributed by atoms with Crippen LogP contribution in [-0.2, 0) is 27.7 Å². The molecule has 1 heterocycles. The molecule has 2 N–H and O–H groups in total. The molecule has 1 aromatic heterocycles. The van der Waals surface area contributed by atoms with Gasteiger partial charge in [0.2, 0.25) is 21.1 Å². The van der Waals surface area contributed by atoms with Crippen molar-refractivity contribution < 1.29 is 13.2 Å². The van der Waals surface area contributed by atoms with Gasteiger partial charge in [-0.25, -0.2) is 13.1 Å². The fourth-order valence-electron chi connectivity index (χ4n) is 2.01. The highest BCUT2D eigenvalue weighted by Gasteiger charge is 2.11. The van der Waals surface area contributed by atoms with E-state index in [0.717, 1.165) is 23.4 Å². The van der Waals surface area contributed by atoms with Crippen molar-refractivity contribution in [3.8, 4) is 0 Å². The van der Waals surface area contributed by atoms with E-state index in [9.17, 15) is 13.2 Å². The number of carbonyl (C=O) groups is 1. The monoisotopic (exact) mass is 368 g/mol. The van der Waals surface area contributed by atoms with Gasteiger partial charge in [0.05, 0.1) is 4.90 Å². The first-order chi connectivity index (χ1) is 11.4. The summed E-state index contributed by atoms with van der Waals surface area (Å²) in [6.07, 6.45) is 2.66. The maximum atomic E-state index is 11.9. The molecule has 2 rings (SSSR count). The van der Waals surface area contributed by atoms with Crippen molar-refractivity contribution >= 4 is 32.4 Å². The van der Waals surface area contributed by atoms with Gasteiger partial charge in [-0.15, -0.1) is 10.2 Å². The lowest BCUT2D eigenvalue weighted by molar-refractivity contribution is -0.116. The Morgan fingerprint density at radius 1 is 1.17 bits per heavy atom. The van der Waals surface area contributed by atoms with E-state index >= 15 is 0 Å². The molecule has 0 unspecified atom stereocenters. The van der Waals surface area contributed by atoms with Crippen molar-refractivity contribution in [2.75, 3.05) is 12.4 Å². The Morgan fingerprint density at radius 2 is 1.88 bits per heavy atom. The Morgan fingerprint density at radius 3 is 2.50 bits per heavy atom. The number of nitrogens with zero attached hydrogens (tertiary/aromatic N) is 2. The predicted molar refractivity (Wildman–Crippen MR) is 93.5 cm³/mol. The maximum Gasteiger partial charge on any atom is 0.240 e. The summed E-state index contributed by atoms with van der Waals surface area (Å²) in [6.45, 7) is 2.06. The highest BCUT2D eigenvalue weighted by atomic mass is 32.2. The van der Waals surface area contributed by atoms with Crippen LogP contribution in [0.2, 0.25) is 0 Å². The second-order valence-corrected chi connectivity index (χ2v) is 8.10. The molecule has 0 atom stereocenters. The van der Waals surface area contributed by atoms with Crippen LogP contribution in [-0.4, -0.2) is 31.6 Å². The summed E-state index contributed by atoms with van der Waals surface area (Å²) in [6, 6.07) is 6.48. The van der Waals surface area contributed by atoms with Crippen molar-refractivity contribution in [1.29, 1.82) is 0 Å². The van der Waals surface area contributed by atoms with Crippen molar-refractivity contribution in [2.24, 2.45) is 0 Å². The highest BCUT2D eigenvalue weighted by Crippen LogP contribution is 2.17. The standard InChI is InChI=1S/C15H20N4O3S2/c1-3-4-14-18-19-15(23-14)17-13(20)10-7-11-5-8-12(9-6-11)24(21,22)16-2/h5-6,8-9,16H,3-4,7,10H2,1-2H3,(H,17,19,20). The highest BCUT2D eigenvalue weighted by molar-refractivity contribution is 7.89. The molecule has 24 heavy (non-hydrogen) atoms. The number of hydrogen-bond acceptors (Lipinski definition) is 6. The van der Waals surface area contributed by atoms with Gasteiger partial charge >= 0.3 is 0 Å². The molecule has 0 radical (unpaired) electrons. The third kappa shape index (κ3) is 5.08. The lowest BCUT2D eigenvalue weighted by atomic mass is 10.1. The largest absolute Gasteiger partial charge is 0.301 e. The molecule has 0 aliphatic heterocycles. The summed E-state index contributed by atoms with van der Waals surface area (Å²) in [5.41, 5.74) is 0.893. The van der Waals surface area contributed by atoms with Gasteiger partial charge in [-0.1, -0.05) is 30.4 Å². The van der Waals surface area contributed by atoms with E-state index < -0.39 is 10.0 Å². The molecule has 0 bridgehead atoms. The number of aryl methyl sites for hydroxylation is 2. The number of anilines is 1. The molecular weight excluding hydrogens is 348 g/mol. The minimum Gasteiger partial charge on any atom is -0.301 e. The summed E-state index contributed by atoms with van der Waals surface area (Å²) >= 11 is 1.39. The smallest absolute Gasteiger partial charge is 0.240 e. The average molecular weight is 368 g/mol. The van der Waals surface area contributed by atoms with E-state index in [2.05, 4.69) is 27.2 Å². The molecule has 7 nitrogen and oxygen atoms in total. The molecule has 0 aliphatic rings. The van der Waals surface area contributed by atoms with Crippen LogP contribution < -0.4 is 10.0 Å². The molecule has 130 valence electrons. The van der Waals surface area contributed by atoms with Crippen LogP contribution in [0.3, 0.4) is 0 Å². The van der Waals surface area contributed by atoms with Crippen LogP contribution in [0.5, 0.6) is 0 Å². The van der Waals surface area contributed by atoms with E-state index in [-0.39, 0.29) is 10.8 Å². The zero-order valence-electron chi connectivity index (χ0n) is 13.6. The molecule has 0 saturated carbocycles. The fraction of sp³-hybridized carbons (Fsp3) is 0.400. The molecule has 0 spiro atoms. The van der Waals surface area contributed by atoms with Crippen molar-refractivity contribution in [3.05, 3.63) is 34.8 Å². The number of sulfonamides is 1. The zero-order chi connectivity index (χ0) is 17.6. The number of amides is 1. The second kappa shape index (κ2) is 8.32. The van der Waals surface area contributed by atoms with Crippen molar-refractivity contribution in [1.82, 2.24) is 14.9 Å². The number of hydrogen-bond donors (Lipinski definition) is 2. The normalized spacial score (nSPS) is 11.4. The number of benzene rings is 1. The molecule has 1 amide bonds. The quantitative estimate of drug-likeness (QED) is 0.742. The summed E-state index contributed by atoms with van der Waals surface area (Å²) in [5.74, 6) is -0.138. The SMILES string of the molecule is CCCc1nnc(NC(=O)CCc2ccc(S(=O)(=O)NC)cc2)s1. The molecule has 0 saturated heterocycles. The lowest BCUT2D eigenvalue weighted by Crippen LogP contribution is -2.18. The first kappa shape index (κ1) is 18.5. The molecule has 1 aromatic carbocycles. The Hall–Kier alpha value is -1.84. The number of carbonyl (C=O) groups excluding carboxylic acids is 1. The van der Waals surface area contributed by atoms with E-state index in [1.165, 1.54) is 30.5 Å². The first-order valence-corrected chi connectivity index (χ1v) is 9.89. The fourth-order valence-corrected chi connectivity index (χ4v) is 3.60. The van der Waals surface area contributed by atoms with Gasteiger partial charge in [0, 0.05) is 12.8 Å². The third-order valence-electron chi connectivity index (χ3n) is 3.32. The van der Waals surface area contributed by atoms with E-state index in [0.29, 0.717) is 18.0 Å². The lowest BCUT2D eigenvalue weighted by Gasteiger charge is -2.05. The zero-order valence-corrected chi connectivity index (χ0v) is 15.2. The van der Waals surface area contributed by atoms with Gasteiger partial charge in [0.25, 0.3) is 0 Å². The molecule has 0 aliphatic carbocycles. The molecular formula is C15H20N4O3S2. The summed E-state index contributed by atoms with van der Waals surface area (Å²) in [7, 11) is -2.06. The van der Waals surface area contributed by atoms with Crippen LogP contribution in [0, 0.1) is 0 Å². The van der Waals surface area contributed by atoms with Gasteiger partial charge in [0.1, 0.15) is 5.01 Å². The van der Waals surface area contributed by atoms with Gasteiger partial charge < -0.3 is 5.32 Å². The van der Waals surface area contributed by atoms with Crippen molar-refractivity contribution in [2.45, 2.75) is 37.5 Å². The van der Waals surface area contributed by atoms with Gasteiger partial charge in [-0.05, 0) is 37.6 Å². The number of nitrogens with one attached hydrogen (secondary N) is 2. The predicted octanol–water partition coefficient (Wildman–Crippen LogP) is 1.97. The van der Waals surface area contributed by atoms with Crippen molar-refractivity contribution in [3.63, 3.8) is 0 Å². The topological polar surface area (TPSA) is 101 Å². The van der Waals surface area contributed by atoms with Crippen LogP contribution in [0.25, 0.3) is 0 Å². The minimum absolute atomic E-state index is 0.138. The van der Waals surface area contributed by atoms with Gasteiger partial charge in [-0.3, -0.25) is 4.79 Å². The average Bonchev–Trinajstić information content (AvgIpc) is 3.01. The van der Waals surface area contributed by atoms with Crippen LogP contribution in [0.1, 0.15) is 30.3 Å². The number of aromatic nitrogens is 2. The van der Waals surface area contributed by atoms with E-state index in [4.69, 9.17) is 0 Å². The van der Waals surface area contributed by atoms with Crippen LogP contribution in [0.15, 0.2) is 29.2 Å². The molecule has 0 fully saturated rings. The molecule has 2 aromatic rings. The maximum absolute atomic E-state index is 11.9. The third-order valence-corrected chi connectivity index (χ3v) is 5.65. The van der Waals surface area contributed by atoms with Gasteiger partial charge in [-0.2, -0.15) is 0 Å². The summed E-state index contributed by atoms with van der Waals surface area (Å²) in [4.78, 5) is 12.2. The Balaban J connectivity index is 1.87. The van der Waals surface area contributed by atoms with Gasteiger partial charge in [0.15, 0.2) is 0 Å². The second-order valence-electron chi connectivity index (χ2n) is 5.15. The summed E-state index contributed by atoms with van der Waals surface area (Å²) in [5, 5.41) is 12.1. The minimum atomic E-state index is -3.43.